The zero-order valence-corrected chi connectivity index (χ0v) is 44.5. The Labute approximate surface area is 439 Å². The number of anilines is 3. The van der Waals surface area contributed by atoms with Gasteiger partial charge in [0.2, 0.25) is 0 Å². The zero-order valence-electron chi connectivity index (χ0n) is 39.7. The molecule has 0 saturated heterocycles. The Hall–Kier alpha value is -6.40. The number of H-pyrrole nitrogens is 1. The van der Waals surface area contributed by atoms with Crippen LogP contribution in [0.5, 0.6) is 0 Å². The predicted molar refractivity (Wildman–Crippen MR) is 294 cm³/mol. The van der Waals surface area contributed by atoms with E-state index in [-0.39, 0.29) is 20.5 Å². The molecule has 1 unspecified atom stereocenters. The summed E-state index contributed by atoms with van der Waals surface area (Å²) in [5.41, 5.74) is 10.6. The predicted octanol–water partition coefficient (Wildman–Crippen LogP) is 10.9. The molecule has 6 heterocycles. The first-order chi connectivity index (χ1) is 34.8. The third kappa shape index (κ3) is 10.5. The lowest BCUT2D eigenvalue weighted by atomic mass is 10.1. The van der Waals surface area contributed by atoms with Gasteiger partial charge in [0, 0.05) is 75.5 Å². The van der Waals surface area contributed by atoms with Crippen molar-refractivity contribution in [1.82, 2.24) is 15.3 Å². The number of nitrogens with zero attached hydrogens (tertiary/aromatic N) is 3. The molecule has 0 saturated carbocycles. The van der Waals surface area contributed by atoms with E-state index >= 15 is 0 Å². The topological polar surface area (TPSA) is 179 Å². The number of hydrogen-bond donors (Lipinski definition) is 3. The molecule has 0 radical (unpaired) electrons. The Balaban J connectivity index is 0.000000126. The minimum absolute atomic E-state index is 0.0472. The maximum Gasteiger partial charge on any atom is 0.264 e. The maximum absolute atomic E-state index is 13.3. The summed E-state index contributed by atoms with van der Waals surface area (Å²) in [6, 6.07) is 36.4. The summed E-state index contributed by atoms with van der Waals surface area (Å²) in [7, 11) is -5.83. The maximum atomic E-state index is 13.3. The summed E-state index contributed by atoms with van der Waals surface area (Å²) in [5, 5.41) is 8.46. The van der Waals surface area contributed by atoms with Crippen molar-refractivity contribution in [3.8, 4) is 0 Å². The van der Waals surface area contributed by atoms with E-state index < -0.39 is 34.6 Å². The van der Waals surface area contributed by atoms with Crippen LogP contribution in [0, 0.1) is 20.8 Å². The van der Waals surface area contributed by atoms with E-state index in [0.717, 1.165) is 52.2 Å². The minimum Gasteiger partial charge on any atom is -0.384 e. The summed E-state index contributed by atoms with van der Waals surface area (Å²) in [6.07, 6.45) is 9.01. The average molecular weight is 1100 g/mol. The molecule has 8 aromatic rings. The lowest BCUT2D eigenvalue weighted by molar-refractivity contribution is 0.590. The van der Waals surface area contributed by atoms with Crippen LogP contribution in [0.4, 0.5) is 17.1 Å². The number of alkyl halides is 1. The van der Waals surface area contributed by atoms with Gasteiger partial charge in [0.25, 0.3) is 34.7 Å². The molecule has 2 aromatic heterocycles. The lowest BCUT2D eigenvalue weighted by Crippen LogP contribution is -2.30. The van der Waals surface area contributed by atoms with Crippen molar-refractivity contribution in [2.75, 3.05) is 33.6 Å². The molecular formula is C54H49Cl3N6O7S3. The van der Waals surface area contributed by atoms with Gasteiger partial charge in [-0.25, -0.2) is 30.2 Å². The standard InChI is InChI=1S/C18H17ClN2O2S.C18H16N2O3S.C9H5Cl2NO2S.C9H11N/c1-12-5-6-13-8-10-21(16(13)11-12)24(22,23)17-4-2-3-15-14(17)7-9-20-18(15)19;1-12-5-6-13-8-10-20(16(13)11-12)24(22,23)17-4-2-3-15-14(17)7-9-19-18(15)21;10-9-7-2-1-3-8(15(11,13)14)6(7)4-5-12-9;1-7-2-3-8-4-5-10-9(8)6-7/h2-7,9,11,18,20H,8,10H2,1H3;2-7,9,11H,8,10H2,1H3,(H,19,21);1-5H;2-3,6,10H,4-5H2,1H3. The van der Waals surface area contributed by atoms with Crippen molar-refractivity contribution in [3.63, 3.8) is 0 Å². The number of pyridine rings is 2. The zero-order chi connectivity index (χ0) is 51.8. The van der Waals surface area contributed by atoms with Gasteiger partial charge in [0.15, 0.2) is 0 Å². The van der Waals surface area contributed by atoms with Crippen LogP contribution in [0.1, 0.15) is 50.0 Å². The fourth-order valence-corrected chi connectivity index (χ4v) is 14.3. The number of rotatable bonds is 5. The molecule has 0 spiro atoms. The van der Waals surface area contributed by atoms with Gasteiger partial charge in [-0.3, -0.25) is 13.4 Å². The number of fused-ring (bicyclic) bond motifs is 6. The van der Waals surface area contributed by atoms with Gasteiger partial charge in [-0.05, 0) is 146 Å². The third-order valence-corrected chi connectivity index (χ3v) is 18.7. The Morgan fingerprint density at radius 3 is 1.84 bits per heavy atom. The first-order valence-corrected chi connectivity index (χ1v) is 29.2. The highest BCUT2D eigenvalue weighted by Crippen LogP contribution is 2.39. The molecule has 13 nitrogen and oxygen atoms in total. The molecule has 4 aliphatic heterocycles. The molecule has 0 fully saturated rings. The van der Waals surface area contributed by atoms with E-state index in [9.17, 15) is 30.0 Å². The minimum atomic E-state index is -3.76. The second-order valence-electron chi connectivity index (χ2n) is 17.8. The normalized spacial score (nSPS) is 15.3. The van der Waals surface area contributed by atoms with Gasteiger partial charge in [0.1, 0.15) is 10.7 Å². The van der Waals surface area contributed by atoms with E-state index in [1.54, 1.807) is 66.9 Å². The average Bonchev–Trinajstić information content (AvgIpc) is 4.13. The van der Waals surface area contributed by atoms with E-state index in [4.69, 9.17) is 33.9 Å². The fourth-order valence-electron chi connectivity index (χ4n) is 9.32. The van der Waals surface area contributed by atoms with Crippen LogP contribution in [-0.4, -0.2) is 54.9 Å². The number of benzene rings is 6. The van der Waals surface area contributed by atoms with E-state index in [1.807, 2.05) is 56.3 Å². The quantitative estimate of drug-likeness (QED) is 0.0650. The SMILES string of the molecule is Cc1ccc2c(c1)N(S(=O)(=O)c1cccc3c(=O)[nH]ccc13)CC2.Cc1ccc2c(c1)N(S(=O)(=O)c1cccc3c1C=CNC3Cl)CC2.Cc1ccc2c(c1)NCC2.O=S(=O)(Cl)c1cccc2c(Cl)nccc12. The molecule has 73 heavy (non-hydrogen) atoms. The molecule has 19 heteroatoms. The van der Waals surface area contributed by atoms with Crippen molar-refractivity contribution in [2.24, 2.45) is 0 Å². The Bertz CT molecular complexity index is 3910. The molecule has 0 amide bonds. The van der Waals surface area contributed by atoms with Crippen LogP contribution in [0.25, 0.3) is 27.6 Å². The highest BCUT2D eigenvalue weighted by molar-refractivity contribution is 8.14. The summed E-state index contributed by atoms with van der Waals surface area (Å²) in [6.45, 7) is 8.04. The Kier molecular flexibility index (Phi) is 14.7. The van der Waals surface area contributed by atoms with Gasteiger partial charge in [-0.15, -0.1) is 0 Å². The Morgan fingerprint density at radius 1 is 0.616 bits per heavy atom. The molecule has 3 N–H and O–H groups in total. The van der Waals surface area contributed by atoms with Crippen LogP contribution in [0.15, 0.2) is 159 Å². The largest absolute Gasteiger partial charge is 0.384 e. The van der Waals surface area contributed by atoms with Gasteiger partial charge in [0.05, 0.1) is 26.1 Å². The molecule has 1 atom stereocenters. The van der Waals surface area contributed by atoms with Crippen LogP contribution >= 0.6 is 33.9 Å². The number of halogens is 3. The highest BCUT2D eigenvalue weighted by Gasteiger charge is 2.35. The van der Waals surface area contributed by atoms with Gasteiger partial charge in [-0.2, -0.15) is 0 Å². The number of aromatic nitrogens is 2. The first kappa shape index (κ1) is 51.5. The molecule has 0 aliphatic carbocycles. The van der Waals surface area contributed by atoms with Crippen molar-refractivity contribution >= 4 is 108 Å². The molecule has 0 bridgehead atoms. The first-order valence-electron chi connectivity index (χ1n) is 23.2. The second-order valence-corrected chi connectivity index (χ2v) is 24.8. The van der Waals surface area contributed by atoms with Gasteiger partial charge < -0.3 is 15.6 Å². The fraction of sp³-hybridized carbons (Fsp3) is 0.185. The van der Waals surface area contributed by atoms with Crippen LogP contribution in [0.2, 0.25) is 5.15 Å². The second kappa shape index (κ2) is 20.8. The highest BCUT2D eigenvalue weighted by atomic mass is 35.7. The number of aromatic amines is 1. The lowest BCUT2D eigenvalue weighted by Gasteiger charge is -2.24. The number of sulfonamides is 2. The number of aryl methyl sites for hydroxylation is 3. The molecule has 12 rings (SSSR count). The Morgan fingerprint density at radius 2 is 1.18 bits per heavy atom. The smallest absolute Gasteiger partial charge is 0.264 e. The molecule has 376 valence electrons. The summed E-state index contributed by atoms with van der Waals surface area (Å²) in [4.78, 5) is 18.9. The summed E-state index contributed by atoms with van der Waals surface area (Å²) >= 11 is 12.1. The molecule has 4 aliphatic rings. The number of hydrogen-bond acceptors (Lipinski definition) is 10. The van der Waals surface area contributed by atoms with Crippen molar-refractivity contribution in [2.45, 2.75) is 60.2 Å². The van der Waals surface area contributed by atoms with E-state index in [2.05, 4.69) is 45.7 Å². The molecule has 6 aromatic carbocycles. The monoisotopic (exact) mass is 1090 g/mol. The van der Waals surface area contributed by atoms with Crippen molar-refractivity contribution in [1.29, 1.82) is 0 Å². The van der Waals surface area contributed by atoms with E-state index in [1.165, 1.54) is 50.3 Å². The van der Waals surface area contributed by atoms with Crippen LogP contribution in [-0.2, 0) is 48.4 Å². The summed E-state index contributed by atoms with van der Waals surface area (Å²) < 4.78 is 78.6. The van der Waals surface area contributed by atoms with Crippen LogP contribution < -0.4 is 24.8 Å². The molecular weight excluding hydrogens is 1050 g/mol. The third-order valence-electron chi connectivity index (χ3n) is 12.9. The van der Waals surface area contributed by atoms with Gasteiger partial charge >= 0.3 is 0 Å². The van der Waals surface area contributed by atoms with Crippen molar-refractivity contribution < 1.29 is 25.3 Å². The van der Waals surface area contributed by atoms with Gasteiger partial charge in [-0.1, -0.05) is 89.9 Å². The van der Waals surface area contributed by atoms with Crippen molar-refractivity contribution in [3.05, 3.63) is 200 Å². The van der Waals surface area contributed by atoms with Crippen LogP contribution in [0.3, 0.4) is 0 Å². The summed E-state index contributed by atoms with van der Waals surface area (Å²) in [5.74, 6) is 0. The number of nitrogens with one attached hydrogen (secondary N) is 3. The van der Waals surface area contributed by atoms with E-state index in [0.29, 0.717) is 51.5 Å².